The van der Waals surface area contributed by atoms with Crippen molar-refractivity contribution in [3.8, 4) is 0 Å². The van der Waals surface area contributed by atoms with Crippen molar-refractivity contribution in [2.75, 3.05) is 5.32 Å². The van der Waals surface area contributed by atoms with Gasteiger partial charge in [0.05, 0.1) is 23.7 Å². The third kappa shape index (κ3) is 3.99. The van der Waals surface area contributed by atoms with Crippen molar-refractivity contribution in [3.05, 3.63) is 44.6 Å². The first-order valence-corrected chi connectivity index (χ1v) is 7.53. The van der Waals surface area contributed by atoms with Crippen LogP contribution in [0.2, 0.25) is 0 Å². The number of rotatable bonds is 4. The molecule has 2 rings (SSSR count). The minimum absolute atomic E-state index is 0.172. The van der Waals surface area contributed by atoms with Crippen LogP contribution in [0.25, 0.3) is 0 Å². The molecule has 0 atom stereocenters. The summed E-state index contributed by atoms with van der Waals surface area (Å²) < 4.78 is 13.4. The predicted molar refractivity (Wildman–Crippen MR) is 78.1 cm³/mol. The van der Waals surface area contributed by atoms with Crippen molar-refractivity contribution in [1.29, 1.82) is 0 Å². The summed E-state index contributed by atoms with van der Waals surface area (Å²) in [6.07, 6.45) is 0.172. The van der Waals surface area contributed by atoms with E-state index >= 15 is 0 Å². The highest BCUT2D eigenvalue weighted by Gasteiger charge is 2.10. The van der Waals surface area contributed by atoms with Crippen LogP contribution in [0.4, 0.5) is 10.1 Å². The molecular formula is C12H9BrClFN2OS. The molecule has 0 aliphatic heterocycles. The summed E-state index contributed by atoms with van der Waals surface area (Å²) in [5.41, 5.74) is 1.29. The van der Waals surface area contributed by atoms with E-state index in [1.807, 2.05) is 5.38 Å². The van der Waals surface area contributed by atoms with Crippen LogP contribution in [-0.4, -0.2) is 10.9 Å². The maximum Gasteiger partial charge on any atom is 0.231 e. The average molecular weight is 364 g/mol. The average Bonchev–Trinajstić information content (AvgIpc) is 2.80. The molecule has 0 spiro atoms. The smallest absolute Gasteiger partial charge is 0.231 e. The number of nitrogens with zero attached hydrogens (tertiary/aromatic N) is 1. The molecule has 0 aliphatic rings. The lowest BCUT2D eigenvalue weighted by Crippen LogP contribution is -2.14. The number of thiazole rings is 1. The molecule has 0 saturated carbocycles. The van der Waals surface area contributed by atoms with Gasteiger partial charge < -0.3 is 5.32 Å². The van der Waals surface area contributed by atoms with Crippen LogP contribution in [0.5, 0.6) is 0 Å². The second kappa shape index (κ2) is 6.45. The Balaban J connectivity index is 2.01. The SMILES string of the molecule is O=C(Cc1nc(CCl)cs1)Nc1ccc(F)cc1Br. The molecule has 1 aromatic carbocycles. The van der Waals surface area contributed by atoms with Crippen LogP contribution in [0, 0.1) is 5.82 Å². The molecule has 2 aromatic rings. The van der Waals surface area contributed by atoms with Gasteiger partial charge in [0, 0.05) is 9.85 Å². The third-order valence-corrected chi connectivity index (χ3v) is 4.08. The predicted octanol–water partition coefficient (Wildman–Crippen LogP) is 3.96. The highest BCUT2D eigenvalue weighted by Crippen LogP contribution is 2.23. The molecule has 19 heavy (non-hydrogen) atoms. The zero-order valence-electron chi connectivity index (χ0n) is 9.62. The largest absolute Gasteiger partial charge is 0.325 e. The lowest BCUT2D eigenvalue weighted by atomic mass is 10.3. The van der Waals surface area contributed by atoms with Crippen molar-refractivity contribution in [2.24, 2.45) is 0 Å². The Bertz CT molecular complexity index is 605. The van der Waals surface area contributed by atoms with Crippen LogP contribution >= 0.6 is 38.9 Å². The lowest BCUT2D eigenvalue weighted by Gasteiger charge is -2.06. The second-order valence-electron chi connectivity index (χ2n) is 3.72. The van der Waals surface area contributed by atoms with E-state index in [1.54, 1.807) is 0 Å². The molecule has 7 heteroatoms. The van der Waals surface area contributed by atoms with Gasteiger partial charge in [0.2, 0.25) is 5.91 Å². The van der Waals surface area contributed by atoms with E-state index in [1.165, 1.54) is 29.5 Å². The number of hydrogen-bond donors (Lipinski definition) is 1. The maximum absolute atomic E-state index is 12.9. The number of amides is 1. The summed E-state index contributed by atoms with van der Waals surface area (Å²) >= 11 is 10.2. The zero-order chi connectivity index (χ0) is 13.8. The number of carbonyl (C=O) groups is 1. The van der Waals surface area contributed by atoms with Crippen molar-refractivity contribution in [1.82, 2.24) is 4.98 Å². The molecular weight excluding hydrogens is 355 g/mol. The first-order valence-electron chi connectivity index (χ1n) is 5.32. The van der Waals surface area contributed by atoms with Crippen LogP contribution in [0.3, 0.4) is 0 Å². The van der Waals surface area contributed by atoms with Crippen molar-refractivity contribution in [2.45, 2.75) is 12.3 Å². The van der Waals surface area contributed by atoms with Gasteiger partial charge in [0.25, 0.3) is 0 Å². The lowest BCUT2D eigenvalue weighted by molar-refractivity contribution is -0.115. The van der Waals surface area contributed by atoms with Gasteiger partial charge in [-0.25, -0.2) is 9.37 Å². The molecule has 0 radical (unpaired) electrons. The molecule has 1 N–H and O–H groups in total. The van der Waals surface area contributed by atoms with Gasteiger partial charge in [-0.3, -0.25) is 4.79 Å². The summed E-state index contributed by atoms with van der Waals surface area (Å²) in [6, 6.07) is 4.09. The highest BCUT2D eigenvalue weighted by molar-refractivity contribution is 9.10. The fourth-order valence-corrected chi connectivity index (χ4v) is 2.88. The monoisotopic (exact) mass is 362 g/mol. The minimum Gasteiger partial charge on any atom is -0.325 e. The first kappa shape index (κ1) is 14.4. The Kier molecular flexibility index (Phi) is 4.90. The molecule has 1 amide bonds. The number of nitrogens with one attached hydrogen (secondary N) is 1. The number of halogens is 3. The molecule has 1 aromatic heterocycles. The zero-order valence-corrected chi connectivity index (χ0v) is 12.8. The number of anilines is 1. The van der Waals surface area contributed by atoms with Crippen molar-refractivity contribution < 1.29 is 9.18 Å². The van der Waals surface area contributed by atoms with Gasteiger partial charge in [-0.05, 0) is 34.1 Å². The summed E-state index contributed by atoms with van der Waals surface area (Å²) in [5, 5.41) is 5.22. The number of carbonyl (C=O) groups excluding carboxylic acids is 1. The van der Waals surface area contributed by atoms with E-state index in [0.29, 0.717) is 21.0 Å². The van der Waals surface area contributed by atoms with Crippen molar-refractivity contribution in [3.63, 3.8) is 0 Å². The number of benzene rings is 1. The Morgan fingerprint density at radius 2 is 2.32 bits per heavy atom. The van der Waals surface area contributed by atoms with E-state index in [-0.39, 0.29) is 18.1 Å². The quantitative estimate of drug-likeness (QED) is 0.835. The number of aromatic nitrogens is 1. The number of hydrogen-bond acceptors (Lipinski definition) is 3. The van der Waals surface area contributed by atoms with Gasteiger partial charge in [-0.15, -0.1) is 22.9 Å². The topological polar surface area (TPSA) is 42.0 Å². The van der Waals surface area contributed by atoms with Gasteiger partial charge in [0.1, 0.15) is 10.8 Å². The van der Waals surface area contributed by atoms with Crippen LogP contribution < -0.4 is 5.32 Å². The van der Waals surface area contributed by atoms with Crippen LogP contribution in [0.15, 0.2) is 28.1 Å². The molecule has 0 unspecified atom stereocenters. The van der Waals surface area contributed by atoms with E-state index in [4.69, 9.17) is 11.6 Å². The van der Waals surface area contributed by atoms with Gasteiger partial charge in [-0.2, -0.15) is 0 Å². The fourth-order valence-electron chi connectivity index (χ4n) is 1.41. The molecule has 0 aliphatic carbocycles. The summed E-state index contributed by atoms with van der Waals surface area (Å²) in [6.45, 7) is 0. The van der Waals surface area contributed by atoms with Crippen LogP contribution in [-0.2, 0) is 17.1 Å². The molecule has 0 fully saturated rings. The standard InChI is InChI=1S/C12H9BrClFN2OS/c13-9-3-7(15)1-2-10(9)17-11(18)4-12-16-8(5-14)6-19-12/h1-3,6H,4-5H2,(H,17,18). The Morgan fingerprint density at radius 1 is 1.53 bits per heavy atom. The van der Waals surface area contributed by atoms with Gasteiger partial charge in [-0.1, -0.05) is 0 Å². The van der Waals surface area contributed by atoms with Gasteiger partial charge >= 0.3 is 0 Å². The normalized spacial score (nSPS) is 10.5. The van der Waals surface area contributed by atoms with E-state index in [0.717, 1.165) is 5.69 Å². The van der Waals surface area contributed by atoms with Crippen molar-refractivity contribution >= 4 is 50.5 Å². The Hall–Kier alpha value is -0.980. The molecule has 100 valence electrons. The second-order valence-corrected chi connectivity index (χ2v) is 5.78. The fraction of sp³-hybridized carbons (Fsp3) is 0.167. The first-order chi connectivity index (χ1) is 9.08. The summed E-state index contributed by atoms with van der Waals surface area (Å²) in [5.74, 6) is -0.235. The minimum atomic E-state index is -0.364. The molecule has 0 saturated heterocycles. The van der Waals surface area contributed by atoms with Crippen LogP contribution in [0.1, 0.15) is 10.7 Å². The number of alkyl halides is 1. The molecule has 3 nitrogen and oxygen atoms in total. The Morgan fingerprint density at radius 3 is 2.95 bits per heavy atom. The van der Waals surface area contributed by atoms with E-state index in [9.17, 15) is 9.18 Å². The van der Waals surface area contributed by atoms with E-state index in [2.05, 4.69) is 26.2 Å². The maximum atomic E-state index is 12.9. The molecule has 1 heterocycles. The highest BCUT2D eigenvalue weighted by atomic mass is 79.9. The summed E-state index contributed by atoms with van der Waals surface area (Å²) in [4.78, 5) is 16.0. The Labute approximate surface area is 126 Å². The van der Waals surface area contributed by atoms with Gasteiger partial charge in [0.15, 0.2) is 0 Å². The van der Waals surface area contributed by atoms with E-state index < -0.39 is 0 Å². The third-order valence-electron chi connectivity index (χ3n) is 2.25. The summed E-state index contributed by atoms with van der Waals surface area (Å²) in [7, 11) is 0. The molecule has 0 bridgehead atoms.